The van der Waals surface area contributed by atoms with Crippen molar-refractivity contribution in [3.05, 3.63) is 35.5 Å². The lowest BCUT2D eigenvalue weighted by Crippen LogP contribution is -2.53. The van der Waals surface area contributed by atoms with E-state index < -0.39 is 36.2 Å². The third kappa shape index (κ3) is 6.91. The van der Waals surface area contributed by atoms with Crippen LogP contribution in [0.15, 0.2) is 24.3 Å². The van der Waals surface area contributed by atoms with E-state index in [4.69, 9.17) is 5.11 Å². The molecule has 0 fully saturated rings. The van der Waals surface area contributed by atoms with Crippen LogP contribution in [0.5, 0.6) is 0 Å². The molecule has 0 aliphatic rings. The van der Waals surface area contributed by atoms with Crippen molar-refractivity contribution in [1.29, 1.82) is 0 Å². The van der Waals surface area contributed by atoms with E-state index >= 15 is 0 Å². The Morgan fingerprint density at radius 1 is 1.00 bits per heavy atom. The Bertz CT molecular complexity index is 1060. The van der Waals surface area contributed by atoms with Gasteiger partial charge < -0.3 is 20.3 Å². The number of Topliss-reactive ketones (excluding diaryl/α,β-unsaturated/α-hetero) is 1. The topological polar surface area (TPSA) is 118 Å². The minimum atomic E-state index is -1.20. The summed E-state index contributed by atoms with van der Waals surface area (Å²) in [6.45, 7) is 8.02. The molecule has 0 saturated carbocycles. The average molecular weight is 536 g/mol. The highest BCUT2D eigenvalue weighted by Crippen LogP contribution is 2.28. The number of halogens is 1. The molecule has 2 unspecified atom stereocenters. The highest BCUT2D eigenvalue weighted by molar-refractivity contribution is 9.09. The lowest BCUT2D eigenvalue weighted by atomic mass is 9.98. The van der Waals surface area contributed by atoms with E-state index in [0.29, 0.717) is 24.5 Å². The quantitative estimate of drug-likeness (QED) is 0.360. The zero-order chi connectivity index (χ0) is 25.6. The molecular formula is C25H34BrN3O5. The molecule has 2 aromatic rings. The molecule has 186 valence electrons. The van der Waals surface area contributed by atoms with E-state index in [1.165, 1.54) is 0 Å². The van der Waals surface area contributed by atoms with Gasteiger partial charge in [-0.25, -0.2) is 0 Å². The van der Waals surface area contributed by atoms with Crippen LogP contribution in [0.4, 0.5) is 0 Å². The Labute approximate surface area is 208 Å². The number of carbonyl (C=O) groups excluding carboxylic acids is 3. The minimum Gasteiger partial charge on any atom is -0.481 e. The van der Waals surface area contributed by atoms with Crippen LogP contribution >= 0.6 is 15.9 Å². The van der Waals surface area contributed by atoms with Gasteiger partial charge >= 0.3 is 5.97 Å². The van der Waals surface area contributed by atoms with Crippen molar-refractivity contribution in [2.75, 3.05) is 5.33 Å². The van der Waals surface area contributed by atoms with Gasteiger partial charge in [-0.2, -0.15) is 0 Å². The third-order valence-corrected chi connectivity index (χ3v) is 6.14. The first-order valence-electron chi connectivity index (χ1n) is 11.4. The summed E-state index contributed by atoms with van der Waals surface area (Å²) >= 11 is 3.03. The number of aliphatic carboxylic acids is 1. The molecule has 2 rings (SSSR count). The predicted molar refractivity (Wildman–Crippen MR) is 135 cm³/mol. The molecule has 8 nitrogen and oxygen atoms in total. The number of carbonyl (C=O) groups is 4. The molecular weight excluding hydrogens is 502 g/mol. The van der Waals surface area contributed by atoms with Crippen LogP contribution in [0.2, 0.25) is 0 Å². The molecule has 34 heavy (non-hydrogen) atoms. The van der Waals surface area contributed by atoms with Crippen molar-refractivity contribution >= 4 is 50.4 Å². The first-order valence-corrected chi connectivity index (χ1v) is 12.6. The van der Waals surface area contributed by atoms with Gasteiger partial charge in [0.25, 0.3) is 5.91 Å². The first kappa shape index (κ1) is 27.6. The molecule has 0 bridgehead atoms. The molecule has 0 radical (unpaired) electrons. The lowest BCUT2D eigenvalue weighted by molar-refractivity contribution is -0.140. The molecule has 0 spiro atoms. The smallest absolute Gasteiger partial charge is 0.305 e. The summed E-state index contributed by atoms with van der Waals surface area (Å²) in [4.78, 5) is 49.9. The van der Waals surface area contributed by atoms with Gasteiger partial charge in [0.2, 0.25) is 5.91 Å². The number of carboxylic acids is 1. The number of carboxylic acid groups (broad SMARTS) is 1. The van der Waals surface area contributed by atoms with Crippen molar-refractivity contribution in [2.45, 2.75) is 59.0 Å². The van der Waals surface area contributed by atoms with Gasteiger partial charge in [-0.3, -0.25) is 19.2 Å². The highest BCUT2D eigenvalue weighted by Gasteiger charge is 2.30. The monoisotopic (exact) mass is 535 g/mol. The standard InChI is InChI=1S/C25H34BrN3O5/c1-14(2)10-17-16-8-6-7-9-20(16)29(5)23(17)25(34)28-19(11-15(3)4)24(33)27-18(12-22(31)32)21(30)13-26/h6-9,14-15,18-19H,10-13H2,1-5H3,(H,27,33)(H,28,34)(H,31,32). The maximum absolute atomic E-state index is 13.5. The van der Waals surface area contributed by atoms with Gasteiger partial charge in [-0.1, -0.05) is 61.8 Å². The number of para-hydroxylation sites is 1. The van der Waals surface area contributed by atoms with Crippen LogP contribution in [0.1, 0.15) is 56.6 Å². The third-order valence-electron chi connectivity index (χ3n) is 5.58. The largest absolute Gasteiger partial charge is 0.481 e. The molecule has 1 heterocycles. The lowest BCUT2D eigenvalue weighted by Gasteiger charge is -2.23. The fourth-order valence-electron chi connectivity index (χ4n) is 4.09. The Kier molecular flexibility index (Phi) is 9.85. The number of ketones is 1. The Morgan fingerprint density at radius 2 is 1.65 bits per heavy atom. The van der Waals surface area contributed by atoms with E-state index in [2.05, 4.69) is 40.4 Å². The summed E-state index contributed by atoms with van der Waals surface area (Å²) < 4.78 is 1.84. The van der Waals surface area contributed by atoms with Crippen LogP contribution in [0, 0.1) is 11.8 Å². The number of hydrogen-bond acceptors (Lipinski definition) is 4. The average Bonchev–Trinajstić information content (AvgIpc) is 3.02. The molecule has 1 aromatic heterocycles. The molecule has 9 heteroatoms. The molecule has 0 saturated heterocycles. The number of alkyl halides is 1. The fraction of sp³-hybridized carbons (Fsp3) is 0.520. The normalized spacial score (nSPS) is 13.2. The number of hydrogen-bond donors (Lipinski definition) is 3. The second-order valence-electron chi connectivity index (χ2n) is 9.42. The molecule has 3 N–H and O–H groups in total. The van der Waals surface area contributed by atoms with E-state index in [1.54, 1.807) is 0 Å². The van der Waals surface area contributed by atoms with Crippen molar-refractivity contribution in [1.82, 2.24) is 15.2 Å². The van der Waals surface area contributed by atoms with Gasteiger partial charge in [0.1, 0.15) is 11.7 Å². The van der Waals surface area contributed by atoms with Crippen molar-refractivity contribution in [3.63, 3.8) is 0 Å². The first-order chi connectivity index (χ1) is 16.0. The number of aryl methyl sites for hydroxylation is 1. The van der Waals surface area contributed by atoms with Gasteiger partial charge in [0, 0.05) is 18.0 Å². The van der Waals surface area contributed by atoms with E-state index in [0.717, 1.165) is 16.5 Å². The van der Waals surface area contributed by atoms with Crippen molar-refractivity contribution in [3.8, 4) is 0 Å². The van der Waals surface area contributed by atoms with Gasteiger partial charge in [0.15, 0.2) is 5.78 Å². The number of fused-ring (bicyclic) bond motifs is 1. The van der Waals surface area contributed by atoms with Gasteiger partial charge in [-0.05, 0) is 36.3 Å². The zero-order valence-corrected chi connectivity index (χ0v) is 21.9. The van der Waals surface area contributed by atoms with Gasteiger partial charge in [0.05, 0.1) is 17.8 Å². The number of aromatic nitrogens is 1. The number of amides is 2. The van der Waals surface area contributed by atoms with Crippen molar-refractivity contribution in [2.24, 2.45) is 18.9 Å². The highest BCUT2D eigenvalue weighted by atomic mass is 79.9. The Hall–Kier alpha value is -2.68. The fourth-order valence-corrected chi connectivity index (χ4v) is 4.48. The minimum absolute atomic E-state index is 0.0727. The number of nitrogens with one attached hydrogen (secondary N) is 2. The van der Waals surface area contributed by atoms with Crippen molar-refractivity contribution < 1.29 is 24.3 Å². The number of benzene rings is 1. The maximum Gasteiger partial charge on any atom is 0.305 e. The summed E-state index contributed by atoms with van der Waals surface area (Å²) in [5, 5.41) is 15.4. The van der Waals surface area contributed by atoms with Crippen LogP contribution in [-0.2, 0) is 27.9 Å². The van der Waals surface area contributed by atoms with E-state index in [1.807, 2.05) is 49.7 Å². The molecule has 0 aliphatic heterocycles. The van der Waals surface area contributed by atoms with Crippen LogP contribution in [0.3, 0.4) is 0 Å². The second kappa shape index (κ2) is 12.1. The maximum atomic E-state index is 13.5. The Balaban J connectivity index is 2.38. The van der Waals surface area contributed by atoms with Crippen LogP contribution in [0.25, 0.3) is 10.9 Å². The second-order valence-corrected chi connectivity index (χ2v) is 9.98. The molecule has 2 amide bonds. The summed E-state index contributed by atoms with van der Waals surface area (Å²) in [7, 11) is 1.83. The van der Waals surface area contributed by atoms with E-state index in [9.17, 15) is 19.2 Å². The molecule has 0 aliphatic carbocycles. The summed E-state index contributed by atoms with van der Waals surface area (Å²) in [6.07, 6.45) is 0.509. The van der Waals surface area contributed by atoms with Crippen LogP contribution < -0.4 is 10.6 Å². The summed E-state index contributed by atoms with van der Waals surface area (Å²) in [6, 6.07) is 5.71. The molecule has 2 atom stereocenters. The number of nitrogens with zero attached hydrogens (tertiary/aromatic N) is 1. The Morgan fingerprint density at radius 3 is 2.21 bits per heavy atom. The summed E-state index contributed by atoms with van der Waals surface area (Å²) in [5.74, 6) is -2.21. The zero-order valence-electron chi connectivity index (χ0n) is 20.4. The summed E-state index contributed by atoms with van der Waals surface area (Å²) in [5.41, 5.74) is 2.35. The predicted octanol–water partition coefficient (Wildman–Crippen LogP) is 3.44. The van der Waals surface area contributed by atoms with Gasteiger partial charge in [-0.15, -0.1) is 0 Å². The van der Waals surface area contributed by atoms with Crippen LogP contribution in [-0.4, -0.2) is 50.7 Å². The molecule has 1 aromatic carbocycles. The SMILES string of the molecule is CC(C)Cc1c(C(=O)NC(CC(C)C)C(=O)NC(CC(=O)O)C(=O)CBr)n(C)c2ccccc12. The van der Waals surface area contributed by atoms with E-state index in [-0.39, 0.29) is 17.2 Å². The number of rotatable bonds is 12.